The van der Waals surface area contributed by atoms with Crippen LogP contribution >= 0.6 is 0 Å². The number of ether oxygens (including phenoxy) is 1. The van der Waals surface area contributed by atoms with Crippen molar-refractivity contribution in [3.63, 3.8) is 0 Å². The van der Waals surface area contributed by atoms with Crippen LogP contribution in [-0.2, 0) is 16.0 Å². The lowest BCUT2D eigenvalue weighted by Gasteiger charge is -2.08. The van der Waals surface area contributed by atoms with Crippen molar-refractivity contribution in [2.24, 2.45) is 0 Å². The minimum absolute atomic E-state index is 0.0303. The average Bonchev–Trinajstić information content (AvgIpc) is 2.30. The minimum atomic E-state index is -2.69. The number of aryl methyl sites for hydroxylation is 1. The van der Waals surface area contributed by atoms with Gasteiger partial charge in [0.15, 0.2) is 0 Å². The monoisotopic (exact) mass is 240 g/mol. The number of aromatic nitrogens is 1. The second kappa shape index (κ2) is 5.34. The normalized spacial score (nSPS) is 10.1. The third kappa shape index (κ3) is 2.97. The molecule has 6 heteroatoms. The van der Waals surface area contributed by atoms with E-state index in [-0.39, 0.29) is 28.9 Å². The van der Waals surface area contributed by atoms with Gasteiger partial charge in [-0.1, -0.05) is 0 Å². The second-order valence-corrected chi connectivity index (χ2v) is 3.34. The number of carbonyl (C=O) groups is 1. The van der Waals surface area contributed by atoms with Gasteiger partial charge in [0.2, 0.25) is 0 Å². The first-order valence-corrected chi connectivity index (χ1v) is 4.75. The Bertz CT molecular complexity index is 481. The number of esters is 1. The van der Waals surface area contributed by atoms with Gasteiger partial charge in [-0.05, 0) is 13.0 Å². The Kier molecular flexibility index (Phi) is 4.10. The maximum atomic E-state index is 12.6. The summed E-state index contributed by atoms with van der Waals surface area (Å²) >= 11 is 0. The summed E-state index contributed by atoms with van der Waals surface area (Å²) in [6.45, 7) is 1.39. The molecule has 0 bridgehead atoms. The van der Waals surface area contributed by atoms with Crippen molar-refractivity contribution < 1.29 is 18.3 Å². The molecule has 0 saturated heterocycles. The lowest BCUT2D eigenvalue weighted by Crippen LogP contribution is -2.09. The average molecular weight is 240 g/mol. The molecule has 0 aliphatic heterocycles. The van der Waals surface area contributed by atoms with E-state index in [1.807, 2.05) is 0 Å². The number of nitriles is 1. The Morgan fingerprint density at radius 3 is 2.76 bits per heavy atom. The molecule has 1 aromatic heterocycles. The van der Waals surface area contributed by atoms with E-state index in [2.05, 4.69) is 9.72 Å². The lowest BCUT2D eigenvalue weighted by molar-refractivity contribution is -0.139. The number of rotatable bonds is 3. The molecule has 0 radical (unpaired) electrons. The van der Waals surface area contributed by atoms with E-state index < -0.39 is 12.4 Å². The molecule has 0 aliphatic rings. The fourth-order valence-corrected chi connectivity index (χ4v) is 1.34. The summed E-state index contributed by atoms with van der Waals surface area (Å²) in [7, 11) is 1.18. The fraction of sp³-hybridized carbons (Fsp3) is 0.364. The van der Waals surface area contributed by atoms with Crippen LogP contribution in [0.2, 0.25) is 0 Å². The van der Waals surface area contributed by atoms with Crippen LogP contribution in [0.3, 0.4) is 0 Å². The predicted octanol–water partition coefficient (Wildman–Crippen LogP) is 1.91. The fourth-order valence-electron chi connectivity index (χ4n) is 1.34. The molecular weight excluding hydrogens is 230 g/mol. The first-order chi connectivity index (χ1) is 7.99. The standard InChI is InChI=1S/C11H10F2N2O2/c1-6-8(11(12)13)3-7(4-10(16)17-2)9(5-14)15-6/h3,11H,4H2,1-2H3. The van der Waals surface area contributed by atoms with E-state index in [0.717, 1.165) is 6.07 Å². The molecule has 0 spiro atoms. The third-order valence-corrected chi connectivity index (χ3v) is 2.23. The number of nitrogens with zero attached hydrogens (tertiary/aromatic N) is 2. The van der Waals surface area contributed by atoms with Crippen LogP contribution in [-0.4, -0.2) is 18.1 Å². The first kappa shape index (κ1) is 13.0. The van der Waals surface area contributed by atoms with E-state index in [1.165, 1.54) is 14.0 Å². The molecule has 17 heavy (non-hydrogen) atoms. The number of alkyl halides is 2. The molecule has 0 saturated carbocycles. The van der Waals surface area contributed by atoms with Crippen molar-refractivity contribution in [2.45, 2.75) is 19.8 Å². The number of hydrogen-bond acceptors (Lipinski definition) is 4. The van der Waals surface area contributed by atoms with Gasteiger partial charge in [0.1, 0.15) is 11.8 Å². The molecule has 0 aromatic carbocycles. The number of pyridine rings is 1. The van der Waals surface area contributed by atoms with Gasteiger partial charge in [0.25, 0.3) is 6.43 Å². The van der Waals surface area contributed by atoms with Gasteiger partial charge in [-0.25, -0.2) is 13.8 Å². The molecule has 0 amide bonds. The molecule has 90 valence electrons. The second-order valence-electron chi connectivity index (χ2n) is 3.34. The molecule has 0 N–H and O–H groups in total. The molecule has 1 heterocycles. The minimum Gasteiger partial charge on any atom is -0.469 e. The highest BCUT2D eigenvalue weighted by Gasteiger charge is 2.17. The Morgan fingerprint density at radius 1 is 1.65 bits per heavy atom. The quantitative estimate of drug-likeness (QED) is 0.757. The van der Waals surface area contributed by atoms with Crippen LogP contribution in [0.5, 0.6) is 0 Å². The number of methoxy groups -OCH3 is 1. The highest BCUT2D eigenvalue weighted by atomic mass is 19.3. The summed E-state index contributed by atoms with van der Waals surface area (Å²) in [6.07, 6.45) is -2.93. The number of hydrogen-bond donors (Lipinski definition) is 0. The SMILES string of the molecule is COC(=O)Cc1cc(C(F)F)c(C)nc1C#N. The Hall–Kier alpha value is -2.03. The van der Waals surface area contributed by atoms with Crippen LogP contribution in [0.25, 0.3) is 0 Å². The number of halogens is 2. The summed E-state index contributed by atoms with van der Waals surface area (Å²) < 4.78 is 29.7. The summed E-state index contributed by atoms with van der Waals surface area (Å²) in [5.74, 6) is -0.604. The summed E-state index contributed by atoms with van der Waals surface area (Å²) in [6, 6.07) is 2.90. The zero-order valence-corrected chi connectivity index (χ0v) is 9.33. The molecule has 1 rings (SSSR count). The van der Waals surface area contributed by atoms with Crippen molar-refractivity contribution >= 4 is 5.97 Å². The van der Waals surface area contributed by atoms with Crippen molar-refractivity contribution in [1.82, 2.24) is 4.98 Å². The van der Waals surface area contributed by atoms with Crippen LogP contribution in [0.1, 0.15) is 28.9 Å². The molecule has 1 aromatic rings. The topological polar surface area (TPSA) is 63.0 Å². The largest absolute Gasteiger partial charge is 0.469 e. The van der Waals surface area contributed by atoms with E-state index in [1.54, 1.807) is 6.07 Å². The predicted molar refractivity (Wildman–Crippen MR) is 54.4 cm³/mol. The first-order valence-electron chi connectivity index (χ1n) is 4.75. The van der Waals surface area contributed by atoms with Gasteiger partial charge in [0, 0.05) is 16.8 Å². The molecule has 0 fully saturated rings. The van der Waals surface area contributed by atoms with Crippen LogP contribution < -0.4 is 0 Å². The molecular formula is C11H10F2N2O2. The highest BCUT2D eigenvalue weighted by molar-refractivity contribution is 5.73. The Balaban J connectivity index is 3.23. The lowest BCUT2D eigenvalue weighted by atomic mass is 10.1. The molecule has 4 nitrogen and oxygen atoms in total. The zero-order valence-electron chi connectivity index (χ0n) is 9.33. The molecule has 0 aliphatic carbocycles. The van der Waals surface area contributed by atoms with Gasteiger partial charge in [-0.3, -0.25) is 4.79 Å². The van der Waals surface area contributed by atoms with E-state index in [9.17, 15) is 13.6 Å². The smallest absolute Gasteiger partial charge is 0.310 e. The van der Waals surface area contributed by atoms with Crippen LogP contribution in [0, 0.1) is 18.3 Å². The maximum Gasteiger partial charge on any atom is 0.310 e. The highest BCUT2D eigenvalue weighted by Crippen LogP contribution is 2.24. The maximum absolute atomic E-state index is 12.6. The third-order valence-electron chi connectivity index (χ3n) is 2.23. The van der Waals surface area contributed by atoms with E-state index >= 15 is 0 Å². The summed E-state index contributed by atoms with van der Waals surface area (Å²) in [5.41, 5.74) is -0.0642. The van der Waals surface area contributed by atoms with Crippen molar-refractivity contribution in [1.29, 1.82) is 5.26 Å². The summed E-state index contributed by atoms with van der Waals surface area (Å²) in [5, 5.41) is 8.81. The zero-order chi connectivity index (χ0) is 13.0. The van der Waals surface area contributed by atoms with Gasteiger partial charge in [0.05, 0.1) is 13.5 Å². The van der Waals surface area contributed by atoms with Crippen LogP contribution in [0.4, 0.5) is 8.78 Å². The van der Waals surface area contributed by atoms with E-state index in [0.29, 0.717) is 0 Å². The summed E-state index contributed by atoms with van der Waals surface area (Å²) in [4.78, 5) is 14.8. The Labute approximate surface area is 96.8 Å². The Morgan fingerprint density at radius 2 is 2.29 bits per heavy atom. The van der Waals surface area contributed by atoms with Gasteiger partial charge in [-0.2, -0.15) is 5.26 Å². The van der Waals surface area contributed by atoms with Gasteiger partial charge >= 0.3 is 5.97 Å². The van der Waals surface area contributed by atoms with Crippen molar-refractivity contribution in [2.75, 3.05) is 7.11 Å². The van der Waals surface area contributed by atoms with Gasteiger partial charge < -0.3 is 4.74 Å². The van der Waals surface area contributed by atoms with Crippen LogP contribution in [0.15, 0.2) is 6.07 Å². The molecule has 0 atom stereocenters. The van der Waals surface area contributed by atoms with E-state index in [4.69, 9.17) is 5.26 Å². The molecule has 0 unspecified atom stereocenters. The van der Waals surface area contributed by atoms with Gasteiger partial charge in [-0.15, -0.1) is 0 Å². The number of carbonyl (C=O) groups excluding carboxylic acids is 1. The van der Waals surface area contributed by atoms with Crippen molar-refractivity contribution in [3.8, 4) is 6.07 Å². The van der Waals surface area contributed by atoms with Crippen molar-refractivity contribution in [3.05, 3.63) is 28.6 Å².